The highest BCUT2D eigenvalue weighted by atomic mass is 35.5. The van der Waals surface area contributed by atoms with Gasteiger partial charge in [0.05, 0.1) is 31.2 Å². The first kappa shape index (κ1) is 19.2. The normalized spacial score (nSPS) is 10.5. The zero-order chi connectivity index (χ0) is 18.0. The molecule has 0 atom stereocenters. The topological polar surface area (TPSA) is 66.4 Å². The number of rotatable bonds is 4. The summed E-state index contributed by atoms with van der Waals surface area (Å²) in [5.41, 5.74) is -0.390. The van der Waals surface area contributed by atoms with Crippen molar-refractivity contribution in [2.24, 2.45) is 0 Å². The van der Waals surface area contributed by atoms with E-state index in [1.807, 2.05) is 18.4 Å². The molecule has 0 spiro atoms. The van der Waals surface area contributed by atoms with Crippen molar-refractivity contribution in [3.63, 3.8) is 0 Å². The van der Waals surface area contributed by atoms with Gasteiger partial charge in [-0.1, -0.05) is 46.4 Å². The molecule has 0 saturated carbocycles. The summed E-state index contributed by atoms with van der Waals surface area (Å²) in [5.74, 6) is -2.20. The summed E-state index contributed by atoms with van der Waals surface area (Å²) in [6, 6.07) is 6.97. The summed E-state index contributed by atoms with van der Waals surface area (Å²) in [7, 11) is 0. The van der Waals surface area contributed by atoms with Gasteiger partial charge in [0.2, 0.25) is 0 Å². The smallest absolute Gasteiger partial charge is 0.338 e. The Morgan fingerprint density at radius 2 is 1.42 bits per heavy atom. The Hall–Kier alpha value is -1.11. The van der Waals surface area contributed by atoms with Crippen LogP contribution in [-0.2, 0) is 0 Å². The van der Waals surface area contributed by atoms with Crippen LogP contribution in [0.3, 0.4) is 0 Å². The molecule has 0 heterocycles. The van der Waals surface area contributed by atoms with Gasteiger partial charge in [0, 0.05) is 10.6 Å². The fourth-order valence-electron chi connectivity index (χ4n) is 1.91. The van der Waals surface area contributed by atoms with Gasteiger partial charge < -0.3 is 10.4 Å². The molecule has 0 bridgehead atoms. The molecule has 0 aliphatic rings. The van der Waals surface area contributed by atoms with Crippen molar-refractivity contribution in [3.8, 4) is 0 Å². The van der Waals surface area contributed by atoms with Crippen molar-refractivity contribution in [2.75, 3.05) is 11.6 Å². The molecule has 2 rings (SSSR count). The predicted molar refractivity (Wildman–Crippen MR) is 99.6 cm³/mol. The van der Waals surface area contributed by atoms with E-state index in [2.05, 4.69) is 5.32 Å². The van der Waals surface area contributed by atoms with Gasteiger partial charge in [-0.25, -0.2) is 4.79 Å². The number of hydrogen-bond acceptors (Lipinski definition) is 3. The van der Waals surface area contributed by atoms with Gasteiger partial charge >= 0.3 is 5.97 Å². The highest BCUT2D eigenvalue weighted by Gasteiger charge is 2.28. The van der Waals surface area contributed by atoms with Crippen molar-refractivity contribution in [2.45, 2.75) is 4.90 Å². The SMILES string of the molecule is CSc1ccc(NC(=O)c2c(Cl)c(Cl)c(Cl)c(Cl)c2C(=O)O)cc1. The Morgan fingerprint density at radius 3 is 1.88 bits per heavy atom. The van der Waals surface area contributed by atoms with E-state index in [1.165, 1.54) is 0 Å². The minimum Gasteiger partial charge on any atom is -0.478 e. The quantitative estimate of drug-likeness (QED) is 0.360. The van der Waals surface area contributed by atoms with Crippen LogP contribution >= 0.6 is 58.2 Å². The highest BCUT2D eigenvalue weighted by molar-refractivity contribution is 7.98. The van der Waals surface area contributed by atoms with Gasteiger partial charge in [-0.3, -0.25) is 4.79 Å². The van der Waals surface area contributed by atoms with Gasteiger partial charge in [-0.15, -0.1) is 11.8 Å². The van der Waals surface area contributed by atoms with E-state index in [0.717, 1.165) is 4.90 Å². The van der Waals surface area contributed by atoms with E-state index in [9.17, 15) is 14.7 Å². The Kier molecular flexibility index (Phi) is 6.28. The minimum atomic E-state index is -1.44. The number of thioether (sulfide) groups is 1. The molecule has 9 heteroatoms. The van der Waals surface area contributed by atoms with Crippen molar-refractivity contribution < 1.29 is 14.7 Å². The molecule has 0 radical (unpaired) electrons. The van der Waals surface area contributed by atoms with Crippen molar-refractivity contribution in [1.82, 2.24) is 0 Å². The maximum absolute atomic E-state index is 12.5. The number of carboxylic acids is 1. The molecule has 2 aromatic rings. The fourth-order valence-corrected chi connectivity index (χ4v) is 3.34. The number of nitrogens with one attached hydrogen (secondary N) is 1. The van der Waals surface area contributed by atoms with Crippen LogP contribution in [0.2, 0.25) is 20.1 Å². The lowest BCUT2D eigenvalue weighted by atomic mass is 10.1. The third kappa shape index (κ3) is 3.76. The number of anilines is 1. The standard InChI is InChI=1S/C15H9Cl4NO3S/c1-24-7-4-2-6(3-5-7)20-14(21)8-9(15(22)23)11(17)13(19)12(18)10(8)16/h2-5H,1H3,(H,20,21)(H,22,23). The molecular formula is C15H9Cl4NO3S. The van der Waals surface area contributed by atoms with Gasteiger partial charge in [0.1, 0.15) is 0 Å². The molecular weight excluding hydrogens is 416 g/mol. The lowest BCUT2D eigenvalue weighted by molar-refractivity contribution is 0.0692. The maximum Gasteiger partial charge on any atom is 0.338 e. The molecule has 2 N–H and O–H groups in total. The number of carbonyl (C=O) groups is 2. The van der Waals surface area contributed by atoms with Crippen molar-refractivity contribution >= 4 is 75.7 Å². The monoisotopic (exact) mass is 423 g/mol. The van der Waals surface area contributed by atoms with Crippen LogP contribution in [0.1, 0.15) is 20.7 Å². The number of aromatic carboxylic acids is 1. The summed E-state index contributed by atoms with van der Waals surface area (Å²) < 4.78 is 0. The molecule has 126 valence electrons. The van der Waals surface area contributed by atoms with E-state index in [-0.39, 0.29) is 25.7 Å². The Labute approximate surface area is 162 Å². The lowest BCUT2D eigenvalue weighted by Crippen LogP contribution is -2.18. The predicted octanol–water partition coefficient (Wildman–Crippen LogP) is 5.97. The Morgan fingerprint density at radius 1 is 0.917 bits per heavy atom. The van der Waals surface area contributed by atoms with E-state index in [4.69, 9.17) is 46.4 Å². The first-order chi connectivity index (χ1) is 11.3. The summed E-state index contributed by atoms with van der Waals surface area (Å²) in [6.45, 7) is 0. The number of benzene rings is 2. The fraction of sp³-hybridized carbons (Fsp3) is 0.0667. The molecule has 1 amide bonds. The van der Waals surface area contributed by atoms with Crippen LogP contribution in [0.4, 0.5) is 5.69 Å². The molecule has 4 nitrogen and oxygen atoms in total. The van der Waals surface area contributed by atoms with Gasteiger partial charge in [0.15, 0.2) is 0 Å². The number of amides is 1. The molecule has 0 saturated heterocycles. The van der Waals surface area contributed by atoms with E-state index < -0.39 is 17.4 Å². The second-order valence-corrected chi connectivity index (χ2v) is 6.89. The van der Waals surface area contributed by atoms with Crippen LogP contribution < -0.4 is 5.32 Å². The number of halogens is 4. The molecule has 0 aliphatic carbocycles. The zero-order valence-corrected chi connectivity index (χ0v) is 15.8. The third-order valence-electron chi connectivity index (χ3n) is 3.06. The Bertz CT molecular complexity index is 825. The summed E-state index contributed by atoms with van der Waals surface area (Å²) in [4.78, 5) is 25.0. The van der Waals surface area contributed by atoms with Crippen LogP contribution in [0.25, 0.3) is 0 Å². The van der Waals surface area contributed by atoms with E-state index in [1.54, 1.807) is 23.9 Å². The second kappa shape index (κ2) is 7.85. The first-order valence-electron chi connectivity index (χ1n) is 6.32. The second-order valence-electron chi connectivity index (χ2n) is 4.49. The number of carboxylic acid groups (broad SMARTS) is 1. The summed E-state index contributed by atoms with van der Waals surface area (Å²) in [6.07, 6.45) is 1.92. The zero-order valence-electron chi connectivity index (χ0n) is 12.0. The van der Waals surface area contributed by atoms with Gasteiger partial charge in [-0.05, 0) is 30.5 Å². The van der Waals surface area contributed by atoms with Crippen molar-refractivity contribution in [1.29, 1.82) is 0 Å². The molecule has 0 unspecified atom stereocenters. The van der Waals surface area contributed by atoms with Gasteiger partial charge in [-0.2, -0.15) is 0 Å². The van der Waals surface area contributed by atoms with E-state index in [0.29, 0.717) is 5.69 Å². The largest absolute Gasteiger partial charge is 0.478 e. The molecule has 0 aliphatic heterocycles. The molecule has 0 fully saturated rings. The Balaban J connectivity index is 2.50. The van der Waals surface area contributed by atoms with Crippen LogP contribution in [0.15, 0.2) is 29.2 Å². The van der Waals surface area contributed by atoms with Crippen LogP contribution in [-0.4, -0.2) is 23.2 Å². The molecule has 0 aromatic heterocycles. The van der Waals surface area contributed by atoms with Crippen molar-refractivity contribution in [3.05, 3.63) is 55.5 Å². The lowest BCUT2D eigenvalue weighted by Gasteiger charge is -2.14. The third-order valence-corrected chi connectivity index (χ3v) is 5.60. The van der Waals surface area contributed by atoms with E-state index >= 15 is 0 Å². The average Bonchev–Trinajstić information content (AvgIpc) is 2.56. The molecule has 24 heavy (non-hydrogen) atoms. The number of hydrogen-bond donors (Lipinski definition) is 2. The highest BCUT2D eigenvalue weighted by Crippen LogP contribution is 2.41. The van der Waals surface area contributed by atoms with Crippen LogP contribution in [0, 0.1) is 0 Å². The summed E-state index contributed by atoms with van der Waals surface area (Å²) in [5, 5.41) is 10.9. The number of carbonyl (C=O) groups excluding carboxylic acids is 1. The molecule has 2 aromatic carbocycles. The summed E-state index contributed by atoms with van der Waals surface area (Å²) >= 11 is 25.3. The first-order valence-corrected chi connectivity index (χ1v) is 9.06. The maximum atomic E-state index is 12.5. The van der Waals surface area contributed by atoms with Crippen LogP contribution in [0.5, 0.6) is 0 Å². The average molecular weight is 425 g/mol. The van der Waals surface area contributed by atoms with Gasteiger partial charge in [0.25, 0.3) is 5.91 Å². The minimum absolute atomic E-state index is 0.184.